The molecule has 0 rings (SSSR count). The zero-order chi connectivity index (χ0) is 15.6. The molecule has 0 aliphatic carbocycles. The van der Waals surface area contributed by atoms with Gasteiger partial charge in [0.1, 0.15) is 11.9 Å². The number of hydrogen-bond acceptors (Lipinski definition) is 12. The van der Waals surface area contributed by atoms with E-state index in [1.807, 2.05) is 0 Å². The van der Waals surface area contributed by atoms with Crippen molar-refractivity contribution in [1.82, 2.24) is 0 Å². The quantitative estimate of drug-likeness (QED) is 0.129. The molecule has 0 spiro atoms. The summed E-state index contributed by atoms with van der Waals surface area (Å²) >= 11 is 4.49. The summed E-state index contributed by atoms with van der Waals surface area (Å²) in [6.45, 7) is 1.23. The molecule has 0 heterocycles. The maximum atomic E-state index is 10.1. The van der Waals surface area contributed by atoms with Crippen LogP contribution in [-0.4, -0.2) is 104 Å². The van der Waals surface area contributed by atoms with E-state index in [0.29, 0.717) is 0 Å². The number of rotatable bonds is 2. The van der Waals surface area contributed by atoms with Crippen LogP contribution in [0.5, 0.6) is 0 Å². The summed E-state index contributed by atoms with van der Waals surface area (Å²) in [6, 6.07) is 0. The second-order valence-electron chi connectivity index (χ2n) is 1.96. The van der Waals surface area contributed by atoms with Gasteiger partial charge in [-0.1, -0.05) is 4.44 Å². The van der Waals surface area contributed by atoms with Gasteiger partial charge in [-0.05, 0) is 6.92 Å². The number of hydrogen-bond donors (Lipinski definition) is 1. The van der Waals surface area contributed by atoms with E-state index in [9.17, 15) is 4.79 Å². The van der Waals surface area contributed by atoms with Gasteiger partial charge in [0.15, 0.2) is 6.10 Å². The van der Waals surface area contributed by atoms with Gasteiger partial charge in [0, 0.05) is 20.8 Å². The predicted octanol–water partition coefficient (Wildman–Crippen LogP) is -9.81. The number of halogens is 1. The molecule has 0 saturated heterocycles. The summed E-state index contributed by atoms with van der Waals surface area (Å²) in [7, 11) is -10.3. The molecule has 1 unspecified atom stereocenters. The van der Waals surface area contributed by atoms with Crippen molar-refractivity contribution in [3.63, 3.8) is 0 Å². The molecule has 12 nitrogen and oxygen atoms in total. The first-order valence-electron chi connectivity index (χ1n) is 3.19. The van der Waals surface area contributed by atoms with E-state index < -0.39 is 32.9 Å². The van der Waals surface area contributed by atoms with E-state index in [2.05, 4.69) is 21.2 Å². The molecular formula is C3H5Al3ClKNaO12S2+7. The van der Waals surface area contributed by atoms with E-state index in [1.165, 1.54) is 6.92 Å². The predicted molar refractivity (Wildman–Crippen MR) is 62.9 cm³/mol. The van der Waals surface area contributed by atoms with Crippen LogP contribution >= 0.6 is 11.9 Å². The molecule has 0 saturated carbocycles. The first kappa shape index (κ1) is 50.4. The normalized spacial score (nSPS) is 9.52. The third-order valence-electron chi connectivity index (χ3n) is 0.455. The van der Waals surface area contributed by atoms with E-state index in [4.69, 9.17) is 40.2 Å². The van der Waals surface area contributed by atoms with Crippen molar-refractivity contribution in [3.8, 4) is 0 Å². The van der Waals surface area contributed by atoms with Gasteiger partial charge in [0.25, 0.3) is 0 Å². The van der Waals surface area contributed by atoms with E-state index in [0.717, 1.165) is 0 Å². The van der Waals surface area contributed by atoms with Crippen molar-refractivity contribution in [2.75, 3.05) is 0 Å². The van der Waals surface area contributed by atoms with Crippen LogP contribution in [0.2, 0.25) is 0 Å². The molecule has 23 heavy (non-hydrogen) atoms. The molecule has 0 radical (unpaired) electrons. The van der Waals surface area contributed by atoms with Crippen LogP contribution in [0.25, 0.3) is 0 Å². The Hall–Kier alpha value is 3.65. The van der Waals surface area contributed by atoms with Crippen molar-refractivity contribution < 1.29 is 135 Å². The Morgan fingerprint density at radius 3 is 1.22 bits per heavy atom. The summed E-state index contributed by atoms with van der Waals surface area (Å²) in [5.41, 5.74) is 0. The molecule has 1 atom stereocenters. The molecule has 112 valence electrons. The molecule has 0 aromatic rings. The molecule has 0 aliphatic heterocycles. The van der Waals surface area contributed by atoms with Gasteiger partial charge in [-0.3, -0.25) is 21.7 Å². The Morgan fingerprint density at radius 1 is 1.00 bits per heavy atom. The van der Waals surface area contributed by atoms with Crippen LogP contribution in [0.3, 0.4) is 0 Å². The molecule has 0 aromatic carbocycles. The summed E-state index contributed by atoms with van der Waals surface area (Å²) in [6.07, 6.45) is -1.20. The minimum Gasteiger partial charge on any atom is -0.759 e. The van der Waals surface area contributed by atoms with Gasteiger partial charge >= 0.3 is 139 Å². The number of aliphatic hydroxyl groups is 1. The minimum atomic E-state index is -5.17. The average Bonchev–Trinajstić information content (AvgIpc) is 1.97. The minimum absolute atomic E-state index is 0. The summed E-state index contributed by atoms with van der Waals surface area (Å²) in [5.74, 6) is -0.917. The topological polar surface area (TPSA) is 216 Å². The second kappa shape index (κ2) is 27.9. The van der Waals surface area contributed by atoms with Gasteiger partial charge in [-0.2, -0.15) is 0 Å². The monoisotopic (exact) mass is 475 g/mol. The number of carbonyl (C=O) groups is 1. The summed E-state index contributed by atoms with van der Waals surface area (Å²) in [4.78, 5) is 13.7. The van der Waals surface area contributed by atoms with E-state index in [1.54, 1.807) is 0 Å². The maximum Gasteiger partial charge on any atom is 3.00 e. The van der Waals surface area contributed by atoms with Crippen LogP contribution in [0.4, 0.5) is 0 Å². The van der Waals surface area contributed by atoms with Gasteiger partial charge in [0.2, 0.25) is 0 Å². The Morgan fingerprint density at radius 2 is 1.17 bits per heavy atom. The fraction of sp³-hybridized carbons (Fsp3) is 0.667. The van der Waals surface area contributed by atoms with Crippen LogP contribution in [-0.2, 0) is 34.9 Å². The molecule has 0 aliphatic rings. The van der Waals surface area contributed by atoms with Gasteiger partial charge in [-0.25, -0.2) is 4.79 Å². The summed E-state index contributed by atoms with van der Waals surface area (Å²) in [5, 5.41) is 8.34. The average molecular weight is 476 g/mol. The Balaban J connectivity index is -0.0000000228. The molecule has 0 fully saturated rings. The number of aliphatic hydroxyl groups excluding tert-OH is 1. The van der Waals surface area contributed by atoms with Crippen molar-refractivity contribution in [1.29, 1.82) is 0 Å². The Kier molecular flexibility index (Phi) is 61.1. The molecule has 0 aromatic heterocycles. The van der Waals surface area contributed by atoms with Crippen molar-refractivity contribution >= 4 is 90.7 Å². The summed E-state index contributed by atoms with van der Waals surface area (Å²) < 4.78 is 71.6. The number of carbonyl (C=O) groups excluding carboxylic acids is 1. The Bertz CT molecular complexity index is 385. The zero-order valence-electron chi connectivity index (χ0n) is 11.9. The van der Waals surface area contributed by atoms with Crippen molar-refractivity contribution in [2.24, 2.45) is 0 Å². The van der Waals surface area contributed by atoms with Gasteiger partial charge < -0.3 is 23.3 Å². The molecule has 0 amide bonds. The third kappa shape index (κ3) is 126. The van der Waals surface area contributed by atoms with Crippen LogP contribution in [0.15, 0.2) is 0 Å². The second-order valence-corrected chi connectivity index (χ2v) is 3.72. The molecule has 1 N–H and O–H groups in total. The fourth-order valence-corrected chi connectivity index (χ4v) is 0.163. The van der Waals surface area contributed by atoms with Crippen molar-refractivity contribution in [2.45, 2.75) is 13.0 Å². The first-order chi connectivity index (χ1) is 7.68. The van der Waals surface area contributed by atoms with Crippen LogP contribution < -0.4 is 80.9 Å². The van der Waals surface area contributed by atoms with Gasteiger partial charge in [0.05, 0.1) is 0 Å². The van der Waals surface area contributed by atoms with Crippen molar-refractivity contribution in [3.05, 3.63) is 0 Å². The van der Waals surface area contributed by atoms with E-state index in [-0.39, 0.29) is 133 Å². The molecule has 0 bridgehead atoms. The van der Waals surface area contributed by atoms with Crippen LogP contribution in [0, 0.1) is 0 Å². The molecular weight excluding hydrogens is 471 g/mol. The zero-order valence-corrected chi connectivity index (χ0v) is 22.9. The smallest absolute Gasteiger partial charge is 0.759 e. The molecule has 20 heteroatoms. The fourth-order valence-electron chi connectivity index (χ4n) is 0.101. The Labute approximate surface area is 234 Å². The van der Waals surface area contributed by atoms with Gasteiger partial charge in [-0.15, -0.1) is 0 Å². The largest absolute Gasteiger partial charge is 3.00 e. The first-order valence-corrected chi connectivity index (χ1v) is 6.16. The SMILES string of the molecule is CC(O)C(=O)OOCl.O=S(=O)([O-])[O-].O=S(=O)([O-])[O-].[Al+3].[Al+3].[Al+3].[K+].[Na+]. The third-order valence-corrected chi connectivity index (χ3v) is 0.518. The van der Waals surface area contributed by atoms with Crippen LogP contribution in [0.1, 0.15) is 6.92 Å². The maximum absolute atomic E-state index is 10.1. The van der Waals surface area contributed by atoms with E-state index >= 15 is 0 Å². The standard InChI is InChI=1S/C3H5ClO4.3Al.K.Na.2H2O4S/c1-2(5)3(6)7-8-4;;;;;;2*1-5(2,3)4/h2,5H,1H3;;;;;;2*(H2,1,2,3,4)/q;3*+3;2*+1;;/p-4.